The average Bonchev–Trinajstić information content (AvgIpc) is 2.75. The highest BCUT2D eigenvalue weighted by atomic mass is 16.3. The van der Waals surface area contributed by atoms with Crippen LogP contribution in [0.3, 0.4) is 0 Å². The number of hydrogen-bond donors (Lipinski definition) is 1. The summed E-state index contributed by atoms with van der Waals surface area (Å²) >= 11 is 0. The maximum atomic E-state index is 11.7. The van der Waals surface area contributed by atoms with Crippen molar-refractivity contribution in [1.82, 2.24) is 10.4 Å². The van der Waals surface area contributed by atoms with Crippen LogP contribution in [0.1, 0.15) is 29.0 Å². The Morgan fingerprint density at radius 1 is 1.50 bits per heavy atom. The Labute approximate surface area is 82.9 Å². The molecule has 1 aromatic rings. The predicted molar refractivity (Wildman–Crippen MR) is 51.7 cm³/mol. The van der Waals surface area contributed by atoms with Crippen molar-refractivity contribution in [3.8, 4) is 0 Å². The van der Waals surface area contributed by atoms with Crippen molar-refractivity contribution >= 4 is 5.91 Å². The lowest BCUT2D eigenvalue weighted by Gasteiger charge is -2.15. The number of aryl methyl sites for hydroxylation is 1. The van der Waals surface area contributed by atoms with Crippen molar-refractivity contribution in [2.45, 2.75) is 19.8 Å². The van der Waals surface area contributed by atoms with Crippen LogP contribution in [0, 0.1) is 6.92 Å². The molecule has 4 heteroatoms. The van der Waals surface area contributed by atoms with E-state index in [1.165, 1.54) is 6.26 Å². The van der Waals surface area contributed by atoms with E-state index in [4.69, 9.17) is 4.42 Å². The second-order valence-electron chi connectivity index (χ2n) is 3.53. The molecule has 1 amide bonds. The fraction of sp³-hybridized carbons (Fsp3) is 0.500. The summed E-state index contributed by atoms with van der Waals surface area (Å²) in [5, 5.41) is 1.95. The third kappa shape index (κ3) is 1.80. The van der Waals surface area contributed by atoms with Gasteiger partial charge in [0.15, 0.2) is 0 Å². The molecule has 1 N–H and O–H groups in total. The molecule has 0 aromatic carbocycles. The highest BCUT2D eigenvalue weighted by Gasteiger charge is 2.17. The van der Waals surface area contributed by atoms with E-state index in [1.807, 2.05) is 5.01 Å². The molecule has 0 bridgehead atoms. The number of amides is 1. The number of hydrazine groups is 1. The SMILES string of the molecule is Cc1occc1C(=O)NN1CCCC1. The predicted octanol–water partition coefficient (Wildman–Crippen LogP) is 1.33. The highest BCUT2D eigenvalue weighted by molar-refractivity contribution is 5.94. The first-order chi connectivity index (χ1) is 6.77. The lowest BCUT2D eigenvalue weighted by molar-refractivity contribution is 0.0824. The van der Waals surface area contributed by atoms with Crippen LogP contribution in [-0.2, 0) is 0 Å². The summed E-state index contributed by atoms with van der Waals surface area (Å²) in [6, 6.07) is 1.70. The largest absolute Gasteiger partial charge is 0.469 e. The maximum Gasteiger partial charge on any atom is 0.269 e. The maximum absolute atomic E-state index is 11.7. The van der Waals surface area contributed by atoms with E-state index in [0.29, 0.717) is 11.3 Å². The van der Waals surface area contributed by atoms with Gasteiger partial charge in [0, 0.05) is 13.1 Å². The smallest absolute Gasteiger partial charge is 0.269 e. The van der Waals surface area contributed by atoms with Gasteiger partial charge in [0.2, 0.25) is 0 Å². The molecule has 0 radical (unpaired) electrons. The van der Waals surface area contributed by atoms with Crippen LogP contribution < -0.4 is 5.43 Å². The summed E-state index contributed by atoms with van der Waals surface area (Å²) in [4.78, 5) is 11.7. The van der Waals surface area contributed by atoms with Gasteiger partial charge in [0.25, 0.3) is 5.91 Å². The second kappa shape index (κ2) is 3.84. The normalized spacial score (nSPS) is 17.2. The van der Waals surface area contributed by atoms with E-state index in [1.54, 1.807) is 13.0 Å². The summed E-state index contributed by atoms with van der Waals surface area (Å²) in [6.45, 7) is 3.68. The lowest BCUT2D eigenvalue weighted by Crippen LogP contribution is -2.40. The van der Waals surface area contributed by atoms with E-state index in [0.717, 1.165) is 25.9 Å². The van der Waals surface area contributed by atoms with Crippen molar-refractivity contribution in [3.63, 3.8) is 0 Å². The van der Waals surface area contributed by atoms with Crippen molar-refractivity contribution in [3.05, 3.63) is 23.7 Å². The second-order valence-corrected chi connectivity index (χ2v) is 3.53. The molecular weight excluding hydrogens is 180 g/mol. The Morgan fingerprint density at radius 3 is 2.79 bits per heavy atom. The molecule has 1 fully saturated rings. The molecule has 14 heavy (non-hydrogen) atoms. The molecule has 2 heterocycles. The van der Waals surface area contributed by atoms with E-state index in [9.17, 15) is 4.79 Å². The Bertz CT molecular complexity index is 327. The van der Waals surface area contributed by atoms with Crippen molar-refractivity contribution < 1.29 is 9.21 Å². The fourth-order valence-corrected chi connectivity index (χ4v) is 1.65. The molecule has 0 spiro atoms. The third-order valence-corrected chi connectivity index (χ3v) is 2.47. The summed E-state index contributed by atoms with van der Waals surface area (Å²) < 4.78 is 5.07. The quantitative estimate of drug-likeness (QED) is 0.772. The molecule has 1 saturated heterocycles. The third-order valence-electron chi connectivity index (χ3n) is 2.47. The number of rotatable bonds is 2. The molecule has 0 saturated carbocycles. The van der Waals surface area contributed by atoms with Gasteiger partial charge < -0.3 is 4.42 Å². The Morgan fingerprint density at radius 2 is 2.21 bits per heavy atom. The molecule has 1 aliphatic rings. The van der Waals surface area contributed by atoms with Crippen LogP contribution in [0.2, 0.25) is 0 Å². The van der Waals surface area contributed by atoms with Crippen LogP contribution in [-0.4, -0.2) is 24.0 Å². The Balaban J connectivity index is 1.98. The number of carbonyl (C=O) groups excluding carboxylic acids is 1. The van der Waals surface area contributed by atoms with Gasteiger partial charge in [-0.15, -0.1) is 0 Å². The number of nitrogens with one attached hydrogen (secondary N) is 1. The van der Waals surface area contributed by atoms with E-state index < -0.39 is 0 Å². The Hall–Kier alpha value is -1.29. The van der Waals surface area contributed by atoms with Crippen molar-refractivity contribution in [2.24, 2.45) is 0 Å². The molecule has 1 aromatic heterocycles. The molecule has 1 aliphatic heterocycles. The summed E-state index contributed by atoms with van der Waals surface area (Å²) in [5.41, 5.74) is 3.48. The van der Waals surface area contributed by atoms with Crippen LogP contribution in [0.4, 0.5) is 0 Å². The van der Waals surface area contributed by atoms with Gasteiger partial charge in [-0.3, -0.25) is 10.2 Å². The van der Waals surface area contributed by atoms with E-state index >= 15 is 0 Å². The lowest BCUT2D eigenvalue weighted by atomic mass is 10.2. The number of furan rings is 1. The van der Waals surface area contributed by atoms with Crippen LogP contribution in [0.25, 0.3) is 0 Å². The zero-order valence-corrected chi connectivity index (χ0v) is 8.25. The molecular formula is C10H14N2O2. The summed E-state index contributed by atoms with van der Waals surface area (Å²) in [6.07, 6.45) is 3.85. The van der Waals surface area contributed by atoms with Gasteiger partial charge in [-0.2, -0.15) is 0 Å². The van der Waals surface area contributed by atoms with Crippen LogP contribution in [0.5, 0.6) is 0 Å². The minimum Gasteiger partial charge on any atom is -0.469 e. The molecule has 0 unspecified atom stereocenters. The van der Waals surface area contributed by atoms with Gasteiger partial charge >= 0.3 is 0 Å². The van der Waals surface area contributed by atoms with Gasteiger partial charge in [-0.05, 0) is 25.8 Å². The molecule has 76 valence electrons. The van der Waals surface area contributed by atoms with E-state index in [-0.39, 0.29) is 5.91 Å². The number of hydrogen-bond acceptors (Lipinski definition) is 3. The zero-order chi connectivity index (χ0) is 9.97. The van der Waals surface area contributed by atoms with Crippen LogP contribution >= 0.6 is 0 Å². The minimum absolute atomic E-state index is 0.0712. The zero-order valence-electron chi connectivity index (χ0n) is 8.25. The molecule has 0 atom stereocenters. The standard InChI is InChI=1S/C10H14N2O2/c1-8-9(4-7-14-8)10(13)11-12-5-2-3-6-12/h4,7H,2-3,5-6H2,1H3,(H,11,13). The van der Waals surface area contributed by atoms with Gasteiger partial charge in [0.1, 0.15) is 5.76 Å². The van der Waals surface area contributed by atoms with Crippen molar-refractivity contribution in [1.29, 1.82) is 0 Å². The van der Waals surface area contributed by atoms with E-state index in [2.05, 4.69) is 5.43 Å². The van der Waals surface area contributed by atoms with Gasteiger partial charge in [-0.25, -0.2) is 5.01 Å². The first-order valence-electron chi connectivity index (χ1n) is 4.87. The first-order valence-corrected chi connectivity index (χ1v) is 4.87. The summed E-state index contributed by atoms with van der Waals surface area (Å²) in [7, 11) is 0. The molecule has 0 aliphatic carbocycles. The summed E-state index contributed by atoms with van der Waals surface area (Å²) in [5.74, 6) is 0.597. The van der Waals surface area contributed by atoms with Gasteiger partial charge in [0.05, 0.1) is 11.8 Å². The number of nitrogens with zero attached hydrogens (tertiary/aromatic N) is 1. The topological polar surface area (TPSA) is 45.5 Å². The average molecular weight is 194 g/mol. The monoisotopic (exact) mass is 194 g/mol. The molecule has 2 rings (SSSR count). The highest BCUT2D eigenvalue weighted by Crippen LogP contribution is 2.10. The first kappa shape index (κ1) is 9.27. The Kier molecular flexibility index (Phi) is 2.54. The van der Waals surface area contributed by atoms with Crippen molar-refractivity contribution in [2.75, 3.05) is 13.1 Å². The van der Waals surface area contributed by atoms with Crippen LogP contribution in [0.15, 0.2) is 16.7 Å². The molecule has 4 nitrogen and oxygen atoms in total. The number of carbonyl (C=O) groups is 1. The fourth-order valence-electron chi connectivity index (χ4n) is 1.65. The van der Waals surface area contributed by atoms with Gasteiger partial charge in [-0.1, -0.05) is 0 Å². The minimum atomic E-state index is -0.0712.